The highest BCUT2D eigenvalue weighted by molar-refractivity contribution is 7.91. The summed E-state index contributed by atoms with van der Waals surface area (Å²) in [6, 6.07) is 7.88. The summed E-state index contributed by atoms with van der Waals surface area (Å²) in [6.07, 6.45) is 6.42. The average molecular weight is 492 g/mol. The first-order valence-corrected chi connectivity index (χ1v) is 13.3. The molecule has 0 radical (unpaired) electrons. The first-order valence-electron chi connectivity index (χ1n) is 10.7. The largest absolute Gasteiger partial charge is 0.365 e. The van der Waals surface area contributed by atoms with Crippen molar-refractivity contribution in [2.24, 2.45) is 0 Å². The number of aromatic nitrogens is 3. The normalized spacial score (nSPS) is 18.9. The van der Waals surface area contributed by atoms with Gasteiger partial charge in [0.25, 0.3) is 0 Å². The highest BCUT2D eigenvalue weighted by Crippen LogP contribution is 2.36. The van der Waals surface area contributed by atoms with Crippen LogP contribution in [-0.2, 0) is 9.84 Å². The van der Waals surface area contributed by atoms with Crippen molar-refractivity contribution in [1.29, 1.82) is 0 Å². The highest BCUT2D eigenvalue weighted by Gasteiger charge is 2.23. The van der Waals surface area contributed by atoms with Crippen LogP contribution in [0.3, 0.4) is 0 Å². The van der Waals surface area contributed by atoms with Crippen LogP contribution < -0.4 is 10.2 Å². The zero-order chi connectivity index (χ0) is 22.3. The lowest BCUT2D eigenvalue weighted by Gasteiger charge is -2.27. The van der Waals surface area contributed by atoms with Gasteiger partial charge in [-0.1, -0.05) is 36.0 Å². The Balaban J connectivity index is 1.49. The Bertz CT molecular complexity index is 1250. The number of nitrogens with one attached hydrogen (secondary N) is 1. The summed E-state index contributed by atoms with van der Waals surface area (Å²) in [5.41, 5.74) is 1.48. The number of pyridine rings is 1. The molecule has 0 atom stereocenters. The molecule has 0 bridgehead atoms. The second-order valence-corrected chi connectivity index (χ2v) is 11.5. The van der Waals surface area contributed by atoms with Crippen LogP contribution in [0, 0.1) is 0 Å². The quantitative estimate of drug-likeness (QED) is 0.570. The van der Waals surface area contributed by atoms with Crippen LogP contribution >= 0.6 is 23.2 Å². The van der Waals surface area contributed by atoms with E-state index in [1.807, 2.05) is 29.2 Å². The van der Waals surface area contributed by atoms with E-state index in [0.717, 1.165) is 35.0 Å². The van der Waals surface area contributed by atoms with Crippen LogP contribution in [0.15, 0.2) is 30.5 Å². The Kier molecular flexibility index (Phi) is 5.86. The number of hydrogen-bond acceptors (Lipinski definition) is 7. The summed E-state index contributed by atoms with van der Waals surface area (Å²) in [5, 5.41) is 15.2. The van der Waals surface area contributed by atoms with Crippen molar-refractivity contribution in [2.75, 3.05) is 34.8 Å². The lowest BCUT2D eigenvalue weighted by molar-refractivity contribution is 0.586. The number of halogens is 2. The molecule has 0 unspecified atom stereocenters. The molecule has 2 aliphatic rings. The molecular weight excluding hydrogens is 469 g/mol. The van der Waals surface area contributed by atoms with Gasteiger partial charge in [-0.15, -0.1) is 10.2 Å². The average Bonchev–Trinajstić information content (AvgIpc) is 3.29. The maximum Gasteiger partial charge on any atom is 0.156 e. The van der Waals surface area contributed by atoms with Gasteiger partial charge >= 0.3 is 0 Å². The van der Waals surface area contributed by atoms with E-state index in [2.05, 4.69) is 20.5 Å². The SMILES string of the molecule is O=S1(=O)CCN(c2ccc(-c3nnc(NC4CCCC4)c4cc(Cl)c(Cl)cc34)cn2)CC1. The van der Waals surface area contributed by atoms with Gasteiger partial charge < -0.3 is 10.2 Å². The van der Waals surface area contributed by atoms with Crippen LogP contribution in [0.1, 0.15) is 25.7 Å². The maximum absolute atomic E-state index is 11.7. The van der Waals surface area contributed by atoms with Crippen LogP contribution in [0.25, 0.3) is 22.0 Å². The van der Waals surface area contributed by atoms with Crippen molar-refractivity contribution in [1.82, 2.24) is 15.2 Å². The van der Waals surface area contributed by atoms with Crippen molar-refractivity contribution < 1.29 is 8.42 Å². The third kappa shape index (κ3) is 4.36. The molecule has 3 heterocycles. The van der Waals surface area contributed by atoms with Crippen molar-refractivity contribution in [3.63, 3.8) is 0 Å². The Morgan fingerprint density at radius 2 is 1.66 bits per heavy atom. The Hall–Kier alpha value is -2.16. The van der Waals surface area contributed by atoms with Gasteiger partial charge in [-0.05, 0) is 37.1 Å². The fraction of sp³-hybridized carbons (Fsp3) is 0.409. The van der Waals surface area contributed by atoms with Gasteiger partial charge in [-0.2, -0.15) is 0 Å². The molecule has 0 spiro atoms. The predicted octanol–water partition coefficient (Wildman–Crippen LogP) is 4.59. The summed E-state index contributed by atoms with van der Waals surface area (Å²) in [7, 11) is -2.94. The highest BCUT2D eigenvalue weighted by atomic mass is 35.5. The Morgan fingerprint density at radius 3 is 2.31 bits per heavy atom. The third-order valence-electron chi connectivity index (χ3n) is 6.21. The Labute approximate surface area is 197 Å². The van der Waals surface area contributed by atoms with Crippen molar-refractivity contribution in [3.8, 4) is 11.3 Å². The van der Waals surface area contributed by atoms with Crippen LogP contribution in [0.4, 0.5) is 11.6 Å². The number of fused-ring (bicyclic) bond motifs is 1. The number of hydrogen-bond donors (Lipinski definition) is 1. The molecular formula is C22H23Cl2N5O2S. The molecule has 168 valence electrons. The van der Waals surface area contributed by atoms with E-state index in [0.29, 0.717) is 40.7 Å². The minimum Gasteiger partial charge on any atom is -0.365 e. The van der Waals surface area contributed by atoms with Gasteiger partial charge in [-0.3, -0.25) is 0 Å². The maximum atomic E-state index is 11.7. The lowest BCUT2D eigenvalue weighted by Crippen LogP contribution is -2.40. The molecule has 2 fully saturated rings. The molecule has 1 aliphatic carbocycles. The van der Waals surface area contributed by atoms with E-state index in [1.165, 1.54) is 12.8 Å². The van der Waals surface area contributed by atoms with E-state index in [-0.39, 0.29) is 11.5 Å². The number of anilines is 2. The fourth-order valence-corrected chi connectivity index (χ4v) is 5.91. The minimum absolute atomic E-state index is 0.154. The van der Waals surface area contributed by atoms with Gasteiger partial charge in [0.15, 0.2) is 15.7 Å². The summed E-state index contributed by atoms with van der Waals surface area (Å²) in [6.45, 7) is 0.903. The van der Waals surface area contributed by atoms with Crippen molar-refractivity contribution in [2.45, 2.75) is 31.7 Å². The summed E-state index contributed by atoms with van der Waals surface area (Å²) in [5.74, 6) is 1.78. The molecule has 2 aromatic heterocycles. The second-order valence-electron chi connectivity index (χ2n) is 8.38. The predicted molar refractivity (Wildman–Crippen MR) is 130 cm³/mol. The van der Waals surface area contributed by atoms with Gasteiger partial charge in [0.2, 0.25) is 0 Å². The van der Waals surface area contributed by atoms with Crippen LogP contribution in [0.5, 0.6) is 0 Å². The first kappa shape index (κ1) is 21.7. The van der Waals surface area contributed by atoms with E-state index in [1.54, 1.807) is 6.20 Å². The third-order valence-corrected chi connectivity index (χ3v) is 8.54. The Morgan fingerprint density at radius 1 is 0.969 bits per heavy atom. The van der Waals surface area contributed by atoms with E-state index >= 15 is 0 Å². The molecule has 0 amide bonds. The number of rotatable bonds is 4. The molecule has 1 N–H and O–H groups in total. The molecule has 32 heavy (non-hydrogen) atoms. The van der Waals surface area contributed by atoms with Gasteiger partial charge in [-0.25, -0.2) is 13.4 Å². The minimum atomic E-state index is -2.94. The summed E-state index contributed by atoms with van der Waals surface area (Å²) in [4.78, 5) is 6.55. The summed E-state index contributed by atoms with van der Waals surface area (Å²) >= 11 is 12.7. The smallest absolute Gasteiger partial charge is 0.156 e. The fourth-order valence-electron chi connectivity index (χ4n) is 4.38. The zero-order valence-electron chi connectivity index (χ0n) is 17.4. The molecule has 1 saturated heterocycles. The number of benzene rings is 1. The first-order chi connectivity index (χ1) is 15.4. The van der Waals surface area contributed by atoms with Gasteiger partial charge in [0.05, 0.1) is 21.6 Å². The van der Waals surface area contributed by atoms with Crippen LogP contribution in [-0.4, -0.2) is 54.2 Å². The second kappa shape index (κ2) is 8.65. The topological polar surface area (TPSA) is 88.1 Å². The van der Waals surface area contributed by atoms with Crippen molar-refractivity contribution in [3.05, 3.63) is 40.5 Å². The standard InChI is InChI=1S/C22H23Cl2N5O2S/c23-18-11-16-17(12-19(18)24)22(26-15-3-1-2-4-15)28-27-21(16)14-5-6-20(25-13-14)29-7-9-32(30,31)10-8-29/h5-6,11-13,15H,1-4,7-10H2,(H,26,28). The summed E-state index contributed by atoms with van der Waals surface area (Å²) < 4.78 is 23.4. The van der Waals surface area contributed by atoms with Gasteiger partial charge in [0.1, 0.15) is 11.5 Å². The van der Waals surface area contributed by atoms with E-state index < -0.39 is 9.84 Å². The van der Waals surface area contributed by atoms with Crippen LogP contribution in [0.2, 0.25) is 10.0 Å². The molecule has 7 nitrogen and oxygen atoms in total. The molecule has 1 aliphatic heterocycles. The van der Waals surface area contributed by atoms with E-state index in [4.69, 9.17) is 23.2 Å². The molecule has 1 aromatic carbocycles. The zero-order valence-corrected chi connectivity index (χ0v) is 19.7. The van der Waals surface area contributed by atoms with E-state index in [9.17, 15) is 8.42 Å². The monoisotopic (exact) mass is 491 g/mol. The molecule has 5 rings (SSSR count). The number of sulfone groups is 1. The molecule has 10 heteroatoms. The van der Waals surface area contributed by atoms with Gasteiger partial charge in [0, 0.05) is 41.7 Å². The lowest BCUT2D eigenvalue weighted by atomic mass is 10.1. The number of nitrogens with zero attached hydrogens (tertiary/aromatic N) is 4. The molecule has 1 saturated carbocycles. The van der Waals surface area contributed by atoms with Crippen molar-refractivity contribution >= 4 is 55.4 Å². The molecule has 3 aromatic rings.